The molecule has 1 heterocycles. The van der Waals surface area contributed by atoms with E-state index in [4.69, 9.17) is 4.74 Å². The number of ether oxygens (including phenoxy) is 1. The SMILES string of the molecule is Cc1ccccc1C(=O)N/N=C/c1cc(C)n(-c2ccccc2C(=O)OC(C)C)c1C. The Kier molecular flexibility index (Phi) is 6.70. The Bertz CT molecular complexity index is 1140. The van der Waals surface area contributed by atoms with Gasteiger partial charge in [0.1, 0.15) is 0 Å². The van der Waals surface area contributed by atoms with Crippen molar-refractivity contribution in [3.63, 3.8) is 0 Å². The highest BCUT2D eigenvalue weighted by Crippen LogP contribution is 2.23. The number of carbonyl (C=O) groups is 2. The maximum absolute atomic E-state index is 12.6. The average Bonchev–Trinajstić information content (AvgIpc) is 3.00. The second-order valence-electron chi connectivity index (χ2n) is 7.65. The van der Waals surface area contributed by atoms with Crippen molar-refractivity contribution in [3.8, 4) is 5.69 Å². The minimum absolute atomic E-state index is 0.202. The second kappa shape index (κ2) is 9.43. The van der Waals surface area contributed by atoms with Crippen molar-refractivity contribution in [2.45, 2.75) is 40.7 Å². The van der Waals surface area contributed by atoms with Gasteiger partial charge in [-0.15, -0.1) is 0 Å². The Balaban J connectivity index is 1.87. The van der Waals surface area contributed by atoms with E-state index in [0.717, 1.165) is 28.2 Å². The number of hydrazone groups is 1. The zero-order valence-corrected chi connectivity index (χ0v) is 18.5. The summed E-state index contributed by atoms with van der Waals surface area (Å²) in [6.07, 6.45) is 1.41. The van der Waals surface area contributed by atoms with Gasteiger partial charge in [-0.05, 0) is 64.4 Å². The number of hydrogen-bond donors (Lipinski definition) is 1. The third-order valence-electron chi connectivity index (χ3n) is 4.94. The summed E-state index contributed by atoms with van der Waals surface area (Å²) in [5.74, 6) is -0.622. The van der Waals surface area contributed by atoms with E-state index < -0.39 is 0 Å². The monoisotopic (exact) mass is 417 g/mol. The van der Waals surface area contributed by atoms with Crippen LogP contribution in [0.1, 0.15) is 57.1 Å². The lowest BCUT2D eigenvalue weighted by atomic mass is 10.1. The number of nitrogens with zero attached hydrogens (tertiary/aromatic N) is 2. The normalized spacial score (nSPS) is 11.2. The molecule has 1 amide bonds. The number of esters is 1. The van der Waals surface area contributed by atoms with Crippen molar-refractivity contribution in [2.24, 2.45) is 5.10 Å². The maximum Gasteiger partial charge on any atom is 0.340 e. The van der Waals surface area contributed by atoms with E-state index in [1.54, 1.807) is 18.3 Å². The number of aryl methyl sites for hydroxylation is 2. The van der Waals surface area contributed by atoms with Gasteiger partial charge in [0, 0.05) is 22.5 Å². The molecule has 0 fully saturated rings. The van der Waals surface area contributed by atoms with Gasteiger partial charge < -0.3 is 9.30 Å². The first-order valence-corrected chi connectivity index (χ1v) is 10.2. The number of aromatic nitrogens is 1. The van der Waals surface area contributed by atoms with Crippen LogP contribution in [-0.4, -0.2) is 28.8 Å². The molecule has 0 atom stereocenters. The van der Waals surface area contributed by atoms with Crippen LogP contribution in [0.15, 0.2) is 59.7 Å². The van der Waals surface area contributed by atoms with Crippen LogP contribution >= 0.6 is 0 Å². The van der Waals surface area contributed by atoms with Crippen LogP contribution in [0.5, 0.6) is 0 Å². The standard InChI is InChI=1S/C25H27N3O3/c1-16(2)31-25(30)22-12-8-9-13-23(22)28-18(4)14-20(19(28)5)15-26-27-24(29)21-11-7-6-10-17(21)3/h6-16H,1-5H3,(H,27,29)/b26-15+. The van der Waals surface area contributed by atoms with E-state index in [0.29, 0.717) is 11.1 Å². The lowest BCUT2D eigenvalue weighted by Gasteiger charge is -2.15. The maximum atomic E-state index is 12.6. The molecular formula is C25H27N3O3. The van der Waals surface area contributed by atoms with Crippen LogP contribution in [0.4, 0.5) is 0 Å². The topological polar surface area (TPSA) is 72.7 Å². The Morgan fingerprint density at radius 3 is 2.32 bits per heavy atom. The Morgan fingerprint density at radius 2 is 1.65 bits per heavy atom. The van der Waals surface area contributed by atoms with Crippen LogP contribution in [0.3, 0.4) is 0 Å². The quantitative estimate of drug-likeness (QED) is 0.358. The number of nitrogens with one attached hydrogen (secondary N) is 1. The van der Waals surface area contributed by atoms with Gasteiger partial charge in [-0.3, -0.25) is 4.79 Å². The molecule has 3 rings (SSSR count). The fourth-order valence-electron chi connectivity index (χ4n) is 3.46. The third-order valence-corrected chi connectivity index (χ3v) is 4.94. The number of hydrogen-bond acceptors (Lipinski definition) is 4. The molecule has 0 unspecified atom stereocenters. The highest BCUT2D eigenvalue weighted by molar-refractivity contribution is 5.96. The summed E-state index contributed by atoms with van der Waals surface area (Å²) in [4.78, 5) is 24.9. The van der Waals surface area contributed by atoms with Crippen molar-refractivity contribution in [3.05, 3.63) is 88.2 Å². The molecule has 0 aliphatic rings. The Morgan fingerprint density at radius 1 is 1.00 bits per heavy atom. The summed E-state index contributed by atoms with van der Waals surface area (Å²) in [5.41, 5.74) is 7.97. The van der Waals surface area contributed by atoms with Gasteiger partial charge in [0.15, 0.2) is 0 Å². The molecule has 1 N–H and O–H groups in total. The van der Waals surface area contributed by atoms with Crippen molar-refractivity contribution in [1.29, 1.82) is 0 Å². The summed E-state index contributed by atoms with van der Waals surface area (Å²) in [5, 5.41) is 4.14. The summed E-state index contributed by atoms with van der Waals surface area (Å²) >= 11 is 0. The molecule has 6 heteroatoms. The van der Waals surface area contributed by atoms with Gasteiger partial charge in [0.05, 0.1) is 23.6 Å². The van der Waals surface area contributed by atoms with Gasteiger partial charge in [0.2, 0.25) is 0 Å². The molecule has 0 saturated heterocycles. The minimum atomic E-state index is -0.362. The predicted molar refractivity (Wildman–Crippen MR) is 122 cm³/mol. The van der Waals surface area contributed by atoms with Crippen LogP contribution in [0.25, 0.3) is 5.69 Å². The first-order valence-electron chi connectivity index (χ1n) is 10.2. The molecule has 2 aromatic carbocycles. The van der Waals surface area contributed by atoms with Crippen LogP contribution in [0, 0.1) is 20.8 Å². The van der Waals surface area contributed by atoms with Crippen LogP contribution in [0.2, 0.25) is 0 Å². The molecule has 6 nitrogen and oxygen atoms in total. The first kappa shape index (κ1) is 22.0. The van der Waals surface area contributed by atoms with E-state index in [-0.39, 0.29) is 18.0 Å². The van der Waals surface area contributed by atoms with Crippen LogP contribution < -0.4 is 5.43 Å². The third kappa shape index (κ3) is 4.91. The average molecular weight is 418 g/mol. The predicted octanol–water partition coefficient (Wildman–Crippen LogP) is 4.73. The Labute approximate surface area is 182 Å². The second-order valence-corrected chi connectivity index (χ2v) is 7.65. The van der Waals surface area contributed by atoms with E-state index in [1.807, 2.05) is 81.7 Å². The molecule has 3 aromatic rings. The van der Waals surface area contributed by atoms with Gasteiger partial charge in [-0.25, -0.2) is 10.2 Å². The zero-order chi connectivity index (χ0) is 22.5. The van der Waals surface area contributed by atoms with E-state index in [2.05, 4.69) is 10.5 Å². The largest absolute Gasteiger partial charge is 0.459 e. The van der Waals surface area contributed by atoms with Crippen molar-refractivity contribution < 1.29 is 14.3 Å². The molecule has 0 spiro atoms. The van der Waals surface area contributed by atoms with Gasteiger partial charge in [-0.1, -0.05) is 30.3 Å². The summed E-state index contributed by atoms with van der Waals surface area (Å²) in [6, 6.07) is 16.7. The number of benzene rings is 2. The molecule has 31 heavy (non-hydrogen) atoms. The van der Waals surface area contributed by atoms with Crippen LogP contribution in [-0.2, 0) is 4.74 Å². The number of rotatable bonds is 6. The summed E-state index contributed by atoms with van der Waals surface area (Å²) in [7, 11) is 0. The minimum Gasteiger partial charge on any atom is -0.459 e. The van der Waals surface area contributed by atoms with Gasteiger partial charge in [0.25, 0.3) is 5.91 Å². The summed E-state index contributed by atoms with van der Waals surface area (Å²) < 4.78 is 7.39. The van der Waals surface area contributed by atoms with Gasteiger partial charge >= 0.3 is 5.97 Å². The lowest BCUT2D eigenvalue weighted by Crippen LogP contribution is -2.18. The number of amides is 1. The lowest BCUT2D eigenvalue weighted by molar-refractivity contribution is 0.0378. The fraction of sp³-hybridized carbons (Fsp3) is 0.240. The highest BCUT2D eigenvalue weighted by Gasteiger charge is 2.18. The highest BCUT2D eigenvalue weighted by atomic mass is 16.5. The summed E-state index contributed by atoms with van der Waals surface area (Å²) in [6.45, 7) is 9.44. The number of para-hydroxylation sites is 1. The Hall–Kier alpha value is -3.67. The molecule has 0 aliphatic carbocycles. The van der Waals surface area contributed by atoms with E-state index >= 15 is 0 Å². The van der Waals surface area contributed by atoms with Crippen molar-refractivity contribution in [1.82, 2.24) is 9.99 Å². The number of carbonyl (C=O) groups excluding carboxylic acids is 2. The van der Waals surface area contributed by atoms with E-state index in [1.165, 1.54) is 0 Å². The zero-order valence-electron chi connectivity index (χ0n) is 18.5. The first-order chi connectivity index (χ1) is 14.8. The van der Waals surface area contributed by atoms with Gasteiger partial charge in [-0.2, -0.15) is 5.10 Å². The molecule has 0 aliphatic heterocycles. The smallest absolute Gasteiger partial charge is 0.340 e. The van der Waals surface area contributed by atoms with Crippen molar-refractivity contribution in [2.75, 3.05) is 0 Å². The molecule has 160 valence electrons. The van der Waals surface area contributed by atoms with Crippen molar-refractivity contribution >= 4 is 18.1 Å². The molecule has 0 bridgehead atoms. The molecule has 0 radical (unpaired) electrons. The molecular weight excluding hydrogens is 390 g/mol. The van der Waals surface area contributed by atoms with E-state index in [9.17, 15) is 9.59 Å². The fourth-order valence-corrected chi connectivity index (χ4v) is 3.46. The molecule has 0 saturated carbocycles. The molecule has 1 aromatic heterocycles.